The van der Waals surface area contributed by atoms with Crippen LogP contribution in [0.5, 0.6) is 11.5 Å². The van der Waals surface area contributed by atoms with Crippen LogP contribution in [-0.4, -0.2) is 60.7 Å². The van der Waals surface area contributed by atoms with Gasteiger partial charge in [0.05, 0.1) is 19.0 Å². The van der Waals surface area contributed by atoms with E-state index in [2.05, 4.69) is 21.9 Å². The minimum absolute atomic E-state index is 0.0706. The lowest BCUT2D eigenvalue weighted by Crippen LogP contribution is -2.43. The summed E-state index contributed by atoms with van der Waals surface area (Å²) in [5.41, 5.74) is 2.45. The van der Waals surface area contributed by atoms with Crippen molar-refractivity contribution in [2.45, 2.75) is 45.1 Å². The fourth-order valence-corrected chi connectivity index (χ4v) is 5.31. The number of rotatable bonds is 6. The Balaban J connectivity index is 1.45. The lowest BCUT2D eigenvalue weighted by atomic mass is 9.88. The predicted molar refractivity (Wildman–Crippen MR) is 141 cm³/mol. The number of aromatic nitrogens is 2. The molecule has 1 fully saturated rings. The number of hydrogen-bond donors (Lipinski definition) is 0. The highest BCUT2D eigenvalue weighted by molar-refractivity contribution is 6.00. The number of anilines is 1. The van der Waals surface area contributed by atoms with Crippen molar-refractivity contribution in [2.75, 3.05) is 38.8 Å². The normalized spacial score (nSPS) is 16.5. The van der Waals surface area contributed by atoms with Gasteiger partial charge in [-0.1, -0.05) is 12.1 Å². The first-order valence-electron chi connectivity index (χ1n) is 12.9. The smallest absolute Gasteiger partial charge is 0.265 e. The molecule has 1 saturated heterocycles. The summed E-state index contributed by atoms with van der Waals surface area (Å²) in [7, 11) is 3.57. The van der Waals surface area contributed by atoms with Crippen molar-refractivity contribution in [3.05, 3.63) is 65.1 Å². The summed E-state index contributed by atoms with van der Waals surface area (Å²) in [6.07, 6.45) is 3.24. The lowest BCUT2D eigenvalue weighted by molar-refractivity contribution is -0.121. The number of amides is 1. The maximum absolute atomic E-state index is 15.0. The summed E-state index contributed by atoms with van der Waals surface area (Å²) in [6, 6.07) is 8.47. The number of fused-ring (bicyclic) bond motifs is 1. The van der Waals surface area contributed by atoms with Gasteiger partial charge in [-0.05, 0) is 82.1 Å². The summed E-state index contributed by atoms with van der Waals surface area (Å²) >= 11 is 0. The average molecular weight is 523 g/mol. The third-order valence-corrected chi connectivity index (χ3v) is 7.29. The number of methoxy groups -OCH3 is 1. The van der Waals surface area contributed by atoms with Crippen LogP contribution in [0.15, 0.2) is 36.5 Å². The highest BCUT2D eigenvalue weighted by Crippen LogP contribution is 2.44. The van der Waals surface area contributed by atoms with Crippen LogP contribution in [0.1, 0.15) is 49.6 Å². The van der Waals surface area contributed by atoms with E-state index in [4.69, 9.17) is 9.47 Å². The van der Waals surface area contributed by atoms with Crippen LogP contribution in [0.25, 0.3) is 11.3 Å². The van der Waals surface area contributed by atoms with Gasteiger partial charge in [-0.25, -0.2) is 18.7 Å². The zero-order valence-corrected chi connectivity index (χ0v) is 22.1. The Labute approximate surface area is 221 Å². The van der Waals surface area contributed by atoms with E-state index in [-0.39, 0.29) is 42.4 Å². The molecule has 9 heteroatoms. The van der Waals surface area contributed by atoms with Gasteiger partial charge in [0.25, 0.3) is 5.91 Å². The van der Waals surface area contributed by atoms with E-state index in [1.165, 1.54) is 13.2 Å². The highest BCUT2D eigenvalue weighted by atomic mass is 19.1. The molecule has 1 amide bonds. The molecule has 0 N–H and O–H groups in total. The molecule has 3 heterocycles. The number of hydrogen-bond acceptors (Lipinski definition) is 6. The third-order valence-electron chi connectivity index (χ3n) is 7.29. The van der Waals surface area contributed by atoms with Crippen molar-refractivity contribution < 1.29 is 23.0 Å². The number of carbonyl (C=O) groups excluding carboxylic acids is 1. The number of halogens is 2. The molecule has 5 rings (SSSR count). The van der Waals surface area contributed by atoms with Crippen molar-refractivity contribution in [3.8, 4) is 22.8 Å². The number of ether oxygens (including phenoxy) is 2. The molecule has 2 aromatic carbocycles. The van der Waals surface area contributed by atoms with Gasteiger partial charge in [0.1, 0.15) is 17.3 Å². The van der Waals surface area contributed by atoms with Gasteiger partial charge in [0.2, 0.25) is 0 Å². The Morgan fingerprint density at radius 3 is 2.58 bits per heavy atom. The first-order chi connectivity index (χ1) is 18.2. The van der Waals surface area contributed by atoms with Crippen molar-refractivity contribution in [1.29, 1.82) is 0 Å². The molecule has 0 spiro atoms. The predicted octanol–water partition coefficient (Wildman–Crippen LogP) is 4.96. The zero-order chi connectivity index (χ0) is 27.0. The summed E-state index contributed by atoms with van der Waals surface area (Å²) in [5.74, 6) is 0.352. The summed E-state index contributed by atoms with van der Waals surface area (Å²) in [5, 5.41) is 0. The van der Waals surface area contributed by atoms with Crippen molar-refractivity contribution in [3.63, 3.8) is 0 Å². The molecule has 200 valence electrons. The highest BCUT2D eigenvalue weighted by Gasteiger charge is 2.31. The van der Waals surface area contributed by atoms with E-state index in [9.17, 15) is 4.79 Å². The van der Waals surface area contributed by atoms with Gasteiger partial charge < -0.3 is 19.3 Å². The summed E-state index contributed by atoms with van der Waals surface area (Å²) < 4.78 is 41.2. The molecule has 2 aliphatic heterocycles. The molecule has 0 atom stereocenters. The van der Waals surface area contributed by atoms with Gasteiger partial charge in [0, 0.05) is 18.0 Å². The van der Waals surface area contributed by atoms with Crippen LogP contribution in [0.4, 0.5) is 14.5 Å². The van der Waals surface area contributed by atoms with E-state index in [1.54, 1.807) is 17.0 Å². The molecule has 0 bridgehead atoms. The van der Waals surface area contributed by atoms with Gasteiger partial charge in [-0.15, -0.1) is 0 Å². The molecule has 3 aromatic rings. The van der Waals surface area contributed by atoms with E-state index >= 15 is 8.78 Å². The largest absolute Gasteiger partial charge is 0.493 e. The van der Waals surface area contributed by atoms with E-state index in [0.717, 1.165) is 37.7 Å². The standard InChI is InChI=1S/C29H32F2N4O3/c1-17(2)35-24-13-20(14-25(37-4)29(24)38-16-27(35)36)28-23(31)15-32-26(33-28)12-18-5-6-21(22(30)11-18)19-7-9-34(3)10-8-19/h5-6,11,13-15,17,19H,7-10,12,16H2,1-4H3. The summed E-state index contributed by atoms with van der Waals surface area (Å²) in [4.78, 5) is 25.1. The number of benzene rings is 2. The maximum atomic E-state index is 15.0. The second kappa shape index (κ2) is 10.6. The Morgan fingerprint density at radius 1 is 1.13 bits per heavy atom. The lowest BCUT2D eigenvalue weighted by Gasteiger charge is -2.33. The molecule has 0 radical (unpaired) electrons. The Kier molecular flexibility index (Phi) is 7.29. The molecular formula is C29H32F2N4O3. The van der Waals surface area contributed by atoms with Gasteiger partial charge >= 0.3 is 0 Å². The fraction of sp³-hybridized carbons (Fsp3) is 0.414. The molecule has 38 heavy (non-hydrogen) atoms. The van der Waals surface area contributed by atoms with Gasteiger partial charge in [0.15, 0.2) is 23.9 Å². The minimum Gasteiger partial charge on any atom is -0.493 e. The maximum Gasteiger partial charge on any atom is 0.265 e. The Bertz CT molecular complexity index is 1360. The molecular weight excluding hydrogens is 490 g/mol. The van der Waals surface area contributed by atoms with Crippen LogP contribution >= 0.6 is 0 Å². The van der Waals surface area contributed by atoms with Gasteiger partial charge in [-0.3, -0.25) is 4.79 Å². The fourth-order valence-electron chi connectivity index (χ4n) is 5.31. The minimum atomic E-state index is -0.612. The molecule has 0 unspecified atom stereocenters. The number of carbonyl (C=O) groups is 1. The molecule has 7 nitrogen and oxygen atoms in total. The van der Waals surface area contributed by atoms with Crippen molar-refractivity contribution >= 4 is 11.6 Å². The van der Waals surface area contributed by atoms with Crippen LogP contribution in [0.2, 0.25) is 0 Å². The number of piperidine rings is 1. The number of nitrogens with zero attached hydrogens (tertiary/aromatic N) is 4. The Hall–Kier alpha value is -3.59. The zero-order valence-electron chi connectivity index (χ0n) is 22.1. The summed E-state index contributed by atoms with van der Waals surface area (Å²) in [6.45, 7) is 5.61. The molecule has 2 aliphatic rings. The third kappa shape index (κ3) is 5.07. The topological polar surface area (TPSA) is 67.8 Å². The van der Waals surface area contributed by atoms with Gasteiger partial charge in [-0.2, -0.15) is 0 Å². The van der Waals surface area contributed by atoms with Crippen LogP contribution in [0, 0.1) is 11.6 Å². The van der Waals surface area contributed by atoms with Crippen LogP contribution in [-0.2, 0) is 11.2 Å². The second-order valence-electron chi connectivity index (χ2n) is 10.3. The first kappa shape index (κ1) is 26.0. The molecule has 0 saturated carbocycles. The first-order valence-corrected chi connectivity index (χ1v) is 12.9. The SMILES string of the molecule is COc1cc(-c2nc(Cc3ccc(C4CCN(C)CC4)c(F)c3)ncc2F)cc2c1OCC(=O)N2C(C)C. The Morgan fingerprint density at radius 2 is 1.89 bits per heavy atom. The molecule has 1 aromatic heterocycles. The van der Waals surface area contributed by atoms with E-state index in [0.29, 0.717) is 34.1 Å². The quantitative estimate of drug-likeness (QED) is 0.456. The molecule has 0 aliphatic carbocycles. The second-order valence-corrected chi connectivity index (χ2v) is 10.3. The van der Waals surface area contributed by atoms with E-state index < -0.39 is 5.82 Å². The van der Waals surface area contributed by atoms with E-state index in [1.807, 2.05) is 26.0 Å². The van der Waals surface area contributed by atoms with Crippen molar-refractivity contribution in [2.24, 2.45) is 0 Å². The van der Waals surface area contributed by atoms with Crippen LogP contribution in [0.3, 0.4) is 0 Å². The monoisotopic (exact) mass is 522 g/mol. The van der Waals surface area contributed by atoms with Crippen molar-refractivity contribution in [1.82, 2.24) is 14.9 Å². The number of likely N-dealkylation sites (tertiary alicyclic amines) is 1. The average Bonchev–Trinajstić information content (AvgIpc) is 2.89. The van der Waals surface area contributed by atoms with Crippen LogP contribution < -0.4 is 14.4 Å².